The van der Waals surface area contributed by atoms with E-state index >= 15 is 0 Å². The van der Waals surface area contributed by atoms with Crippen molar-refractivity contribution in [3.8, 4) is 0 Å². The fraction of sp³-hybridized carbons (Fsp3) is 0.300. The molecule has 3 aliphatic carbocycles. The van der Waals surface area contributed by atoms with Gasteiger partial charge in [0.25, 0.3) is 5.91 Å². The molecule has 3 atom stereocenters. The van der Waals surface area contributed by atoms with E-state index in [1.165, 1.54) is 6.39 Å². The van der Waals surface area contributed by atoms with E-state index in [4.69, 9.17) is 10.2 Å². The van der Waals surface area contributed by atoms with Gasteiger partial charge in [-0.2, -0.15) is 0 Å². The number of carbonyl (C=O) groups excluding carboxylic acids is 3. The first-order chi connectivity index (χ1) is 13.7. The maximum absolute atomic E-state index is 13.3. The second-order valence-electron chi connectivity index (χ2n) is 7.71. The maximum Gasteiger partial charge on any atom is 0.255 e. The number of nitrogens with zero attached hydrogens (tertiary/aromatic N) is 1. The highest BCUT2D eigenvalue weighted by Crippen LogP contribution is 2.51. The highest BCUT2D eigenvalue weighted by Gasteiger charge is 2.60. The van der Waals surface area contributed by atoms with Crippen LogP contribution >= 0.6 is 0 Å². The summed E-state index contributed by atoms with van der Waals surface area (Å²) < 4.78 is 5.37. The van der Waals surface area contributed by atoms with Gasteiger partial charge >= 0.3 is 0 Å². The summed E-state index contributed by atoms with van der Waals surface area (Å²) in [5.41, 5.74) is 3.70. The van der Waals surface area contributed by atoms with E-state index < -0.39 is 46.2 Å². The molecule has 9 heteroatoms. The third-order valence-corrected chi connectivity index (χ3v) is 6.26. The van der Waals surface area contributed by atoms with E-state index in [1.807, 2.05) is 0 Å². The van der Waals surface area contributed by atoms with Gasteiger partial charge in [-0.05, 0) is 30.4 Å². The van der Waals surface area contributed by atoms with Crippen LogP contribution in [0.3, 0.4) is 0 Å². The molecule has 1 aromatic heterocycles. The molecule has 3 unspecified atom stereocenters. The smallest absolute Gasteiger partial charge is 0.255 e. The third kappa shape index (κ3) is 2.07. The number of fused-ring (bicyclic) bond motifs is 5. The van der Waals surface area contributed by atoms with Crippen LogP contribution < -0.4 is 5.73 Å². The molecule has 5 N–H and O–H groups in total. The highest BCUT2D eigenvalue weighted by atomic mass is 16.4. The van der Waals surface area contributed by atoms with Crippen molar-refractivity contribution < 1.29 is 34.1 Å². The molecule has 1 fully saturated rings. The molecule has 0 bridgehead atoms. The second kappa shape index (κ2) is 5.54. The summed E-state index contributed by atoms with van der Waals surface area (Å²) in [5, 5.41) is 32.6. The number of hydrogen-bond acceptors (Lipinski definition) is 8. The molecule has 5 rings (SSSR count). The molecule has 1 aromatic carbocycles. The minimum absolute atomic E-state index is 0.0649. The molecule has 1 heterocycles. The lowest BCUT2D eigenvalue weighted by Crippen LogP contribution is -2.58. The van der Waals surface area contributed by atoms with E-state index in [0.717, 1.165) is 5.56 Å². The van der Waals surface area contributed by atoms with E-state index in [-0.39, 0.29) is 24.2 Å². The highest BCUT2D eigenvalue weighted by molar-refractivity contribution is 6.22. The quantitative estimate of drug-likeness (QED) is 0.515. The van der Waals surface area contributed by atoms with Crippen LogP contribution in [0, 0.1) is 11.8 Å². The van der Waals surface area contributed by atoms with Crippen LogP contribution in [-0.4, -0.2) is 43.4 Å². The minimum Gasteiger partial charge on any atom is -0.508 e. The number of amides is 1. The summed E-state index contributed by atoms with van der Waals surface area (Å²) in [6, 6.07) is 3.53. The van der Waals surface area contributed by atoms with Crippen molar-refractivity contribution in [3.05, 3.63) is 46.6 Å². The molecule has 148 valence electrons. The first kappa shape index (κ1) is 17.6. The van der Waals surface area contributed by atoms with Crippen molar-refractivity contribution >= 4 is 34.3 Å². The predicted octanol–water partition coefficient (Wildman–Crippen LogP) is 0.859. The Kier molecular flexibility index (Phi) is 3.37. The van der Waals surface area contributed by atoms with Gasteiger partial charge in [-0.3, -0.25) is 14.4 Å². The molecule has 2 aromatic rings. The Morgan fingerprint density at radius 3 is 2.72 bits per heavy atom. The standard InChI is InChI=1S/C20H16N2O7/c21-19(27)14-11(23)5-9-4-8-3-7-1-2-10-16(29-6-22-10)12(7)15(24)13(8)17(25)20(9,28)18(14)26/h1-2,6,8-9,24,26,28H,3-5H2,(H2,21,27). The van der Waals surface area contributed by atoms with Gasteiger partial charge in [-0.1, -0.05) is 6.07 Å². The third-order valence-electron chi connectivity index (χ3n) is 6.26. The van der Waals surface area contributed by atoms with Crippen LogP contribution in [0.25, 0.3) is 16.9 Å². The van der Waals surface area contributed by atoms with Gasteiger partial charge in [0, 0.05) is 17.9 Å². The molecule has 3 aliphatic rings. The zero-order valence-corrected chi connectivity index (χ0v) is 15.0. The van der Waals surface area contributed by atoms with Crippen LogP contribution in [-0.2, 0) is 20.8 Å². The molecule has 1 amide bonds. The Hall–Kier alpha value is -3.46. The predicted molar refractivity (Wildman–Crippen MR) is 97.3 cm³/mol. The average molecular weight is 396 g/mol. The Morgan fingerprint density at radius 1 is 1.24 bits per heavy atom. The van der Waals surface area contributed by atoms with Crippen LogP contribution in [0.15, 0.2) is 39.8 Å². The van der Waals surface area contributed by atoms with Gasteiger partial charge in [0.1, 0.15) is 22.6 Å². The molecule has 0 spiro atoms. The lowest BCUT2D eigenvalue weighted by molar-refractivity contribution is -0.147. The number of rotatable bonds is 1. The van der Waals surface area contributed by atoms with Gasteiger partial charge < -0.3 is 25.5 Å². The Labute approximate surface area is 163 Å². The van der Waals surface area contributed by atoms with E-state index in [0.29, 0.717) is 23.1 Å². The molecular weight excluding hydrogens is 380 g/mol. The number of primary amides is 1. The number of aromatic nitrogens is 1. The molecule has 9 nitrogen and oxygen atoms in total. The fourth-order valence-corrected chi connectivity index (χ4v) is 4.93. The van der Waals surface area contributed by atoms with Crippen LogP contribution in [0.2, 0.25) is 0 Å². The Balaban J connectivity index is 1.74. The number of ketones is 2. The van der Waals surface area contributed by atoms with Gasteiger partial charge in [0.05, 0.1) is 5.56 Å². The average Bonchev–Trinajstić information content (AvgIpc) is 3.13. The zero-order valence-electron chi connectivity index (χ0n) is 15.0. The summed E-state index contributed by atoms with van der Waals surface area (Å²) in [4.78, 5) is 41.2. The molecule has 0 saturated heterocycles. The van der Waals surface area contributed by atoms with Gasteiger partial charge in [-0.15, -0.1) is 0 Å². The second-order valence-corrected chi connectivity index (χ2v) is 7.71. The summed E-state index contributed by atoms with van der Waals surface area (Å²) in [6.45, 7) is 0. The number of aliphatic hydroxyl groups is 3. The van der Waals surface area contributed by atoms with Crippen LogP contribution in [0.1, 0.15) is 24.0 Å². The Bertz CT molecular complexity index is 1200. The summed E-state index contributed by atoms with van der Waals surface area (Å²) in [7, 11) is 0. The number of nitrogens with two attached hydrogens (primary N) is 1. The molecule has 0 aliphatic heterocycles. The minimum atomic E-state index is -2.50. The zero-order chi connectivity index (χ0) is 20.7. The van der Waals surface area contributed by atoms with Crippen molar-refractivity contribution in [2.24, 2.45) is 17.6 Å². The lowest BCUT2D eigenvalue weighted by atomic mass is 9.59. The number of aliphatic hydroxyl groups excluding tert-OH is 2. The number of oxazole rings is 1. The number of benzene rings is 1. The van der Waals surface area contributed by atoms with Gasteiger partial charge in [0.2, 0.25) is 5.78 Å². The molecule has 29 heavy (non-hydrogen) atoms. The summed E-state index contributed by atoms with van der Waals surface area (Å²) in [5.74, 6) is -5.67. The van der Waals surface area contributed by atoms with Crippen LogP contribution in [0.4, 0.5) is 0 Å². The fourth-order valence-electron chi connectivity index (χ4n) is 4.93. The van der Waals surface area contributed by atoms with Gasteiger partial charge in [0.15, 0.2) is 23.4 Å². The topological polar surface area (TPSA) is 164 Å². The Morgan fingerprint density at radius 2 is 2.00 bits per heavy atom. The van der Waals surface area contributed by atoms with Crippen molar-refractivity contribution in [2.45, 2.75) is 24.9 Å². The van der Waals surface area contributed by atoms with E-state index in [9.17, 15) is 29.7 Å². The van der Waals surface area contributed by atoms with Gasteiger partial charge in [-0.25, -0.2) is 4.98 Å². The largest absolute Gasteiger partial charge is 0.508 e. The first-order valence-corrected chi connectivity index (χ1v) is 9.07. The van der Waals surface area contributed by atoms with Crippen molar-refractivity contribution in [2.75, 3.05) is 0 Å². The molecule has 1 saturated carbocycles. The first-order valence-electron chi connectivity index (χ1n) is 9.07. The van der Waals surface area contributed by atoms with Crippen molar-refractivity contribution in [3.63, 3.8) is 0 Å². The number of carbonyl (C=O) groups is 3. The lowest BCUT2D eigenvalue weighted by Gasteiger charge is -2.45. The maximum atomic E-state index is 13.3. The van der Waals surface area contributed by atoms with E-state index in [1.54, 1.807) is 12.1 Å². The van der Waals surface area contributed by atoms with Crippen LogP contribution in [0.5, 0.6) is 0 Å². The van der Waals surface area contributed by atoms with Crippen molar-refractivity contribution in [1.29, 1.82) is 0 Å². The molecular formula is C20H16N2O7. The van der Waals surface area contributed by atoms with E-state index in [2.05, 4.69) is 4.98 Å². The van der Waals surface area contributed by atoms with Crippen molar-refractivity contribution in [1.82, 2.24) is 4.98 Å². The molecule has 0 radical (unpaired) electrons. The SMILES string of the molecule is NC(=O)C1=C(O)C2(O)C(=O)C3=C(O)c4c(ccc5ncoc45)CC3CC2CC1=O. The summed E-state index contributed by atoms with van der Waals surface area (Å²) >= 11 is 0. The monoisotopic (exact) mass is 396 g/mol. The summed E-state index contributed by atoms with van der Waals surface area (Å²) in [6.07, 6.45) is 1.47. The number of hydrogen-bond donors (Lipinski definition) is 4. The number of Topliss-reactive ketones (excluding diaryl/α,β-unsaturated/α-hetero) is 2. The normalized spacial score (nSPS) is 29.0.